The molecule has 0 aliphatic heterocycles. The second-order valence-corrected chi connectivity index (χ2v) is 7.92. The molecule has 0 aliphatic rings. The van der Waals surface area contributed by atoms with Crippen molar-refractivity contribution in [3.63, 3.8) is 0 Å². The summed E-state index contributed by atoms with van der Waals surface area (Å²) in [4.78, 5) is 0.294. The van der Waals surface area contributed by atoms with E-state index in [2.05, 4.69) is 18.6 Å². The second kappa shape index (κ2) is 7.92. The number of benzene rings is 1. The van der Waals surface area contributed by atoms with E-state index in [1.165, 1.54) is 0 Å². The lowest BCUT2D eigenvalue weighted by Gasteiger charge is -2.15. The van der Waals surface area contributed by atoms with Crippen LogP contribution in [0.3, 0.4) is 0 Å². The fourth-order valence-electron chi connectivity index (χ4n) is 2.17. The Morgan fingerprint density at radius 1 is 1.05 bits per heavy atom. The van der Waals surface area contributed by atoms with Gasteiger partial charge in [0.25, 0.3) is 0 Å². The van der Waals surface area contributed by atoms with Gasteiger partial charge in [0.2, 0.25) is 10.0 Å². The topological polar surface area (TPSA) is 72.2 Å². The summed E-state index contributed by atoms with van der Waals surface area (Å²) in [5, 5.41) is 0. The Morgan fingerprint density at radius 3 is 2.10 bits per heavy atom. The van der Waals surface area contributed by atoms with Crippen molar-refractivity contribution >= 4 is 10.0 Å². The van der Waals surface area contributed by atoms with Crippen molar-refractivity contribution in [2.45, 2.75) is 63.9 Å². The number of hydrogen-bond donors (Lipinski definition) is 2. The molecule has 0 aliphatic carbocycles. The fourth-order valence-corrected chi connectivity index (χ4v) is 3.45. The number of hydrogen-bond acceptors (Lipinski definition) is 3. The van der Waals surface area contributed by atoms with Crippen molar-refractivity contribution in [3.05, 3.63) is 29.8 Å². The van der Waals surface area contributed by atoms with Crippen LogP contribution in [0.1, 0.15) is 58.6 Å². The average Bonchev–Trinajstić information content (AvgIpc) is 2.37. The van der Waals surface area contributed by atoms with Crippen LogP contribution in [0.5, 0.6) is 0 Å². The molecule has 0 heterocycles. The van der Waals surface area contributed by atoms with E-state index in [0.29, 0.717) is 10.8 Å². The van der Waals surface area contributed by atoms with E-state index in [0.717, 1.165) is 24.8 Å². The Kier molecular flexibility index (Phi) is 6.84. The molecular formula is C16H28N2O2S. The number of rotatable bonds is 8. The van der Waals surface area contributed by atoms with Crippen molar-refractivity contribution in [3.8, 4) is 0 Å². The third-order valence-corrected chi connectivity index (χ3v) is 5.10. The van der Waals surface area contributed by atoms with Crippen molar-refractivity contribution in [2.24, 2.45) is 11.7 Å². The molecule has 2 atom stereocenters. The molecule has 0 aromatic heterocycles. The molecule has 0 spiro atoms. The summed E-state index contributed by atoms with van der Waals surface area (Å²) in [6.07, 6.45) is 3.01. The van der Waals surface area contributed by atoms with E-state index in [4.69, 9.17) is 5.73 Å². The molecule has 21 heavy (non-hydrogen) atoms. The van der Waals surface area contributed by atoms with Crippen LogP contribution in [0.25, 0.3) is 0 Å². The van der Waals surface area contributed by atoms with E-state index < -0.39 is 10.0 Å². The average molecular weight is 312 g/mol. The Labute approximate surface area is 129 Å². The predicted molar refractivity (Wildman–Crippen MR) is 87.5 cm³/mol. The van der Waals surface area contributed by atoms with Crippen LogP contribution < -0.4 is 10.5 Å². The zero-order valence-electron chi connectivity index (χ0n) is 13.5. The van der Waals surface area contributed by atoms with Crippen molar-refractivity contribution in [2.75, 3.05) is 0 Å². The summed E-state index contributed by atoms with van der Waals surface area (Å²) in [6, 6.07) is 6.61. The van der Waals surface area contributed by atoms with Gasteiger partial charge in [-0.25, -0.2) is 13.1 Å². The molecule has 1 aromatic carbocycles. The van der Waals surface area contributed by atoms with Gasteiger partial charge in [-0.3, -0.25) is 0 Å². The number of nitrogens with two attached hydrogens (primary N) is 1. The van der Waals surface area contributed by atoms with Crippen LogP contribution in [0.2, 0.25) is 0 Å². The highest BCUT2D eigenvalue weighted by molar-refractivity contribution is 7.89. The zero-order chi connectivity index (χ0) is 16.0. The van der Waals surface area contributed by atoms with E-state index in [-0.39, 0.29) is 12.1 Å². The highest BCUT2D eigenvalue weighted by Gasteiger charge is 2.17. The maximum Gasteiger partial charge on any atom is 0.240 e. The summed E-state index contributed by atoms with van der Waals surface area (Å²) in [6.45, 7) is 8.14. The molecule has 1 aromatic rings. The van der Waals surface area contributed by atoms with Crippen LogP contribution in [-0.4, -0.2) is 14.5 Å². The predicted octanol–water partition coefficient (Wildman–Crippen LogP) is 3.20. The van der Waals surface area contributed by atoms with Gasteiger partial charge in [-0.2, -0.15) is 0 Å². The van der Waals surface area contributed by atoms with Crippen molar-refractivity contribution in [1.82, 2.24) is 4.72 Å². The molecule has 0 amide bonds. The molecule has 2 unspecified atom stereocenters. The lowest BCUT2D eigenvalue weighted by molar-refractivity contribution is 0.488. The Hall–Kier alpha value is -0.910. The molecule has 4 nitrogen and oxygen atoms in total. The first kappa shape index (κ1) is 18.1. The third-order valence-electron chi connectivity index (χ3n) is 3.49. The molecule has 0 radical (unpaired) electrons. The van der Waals surface area contributed by atoms with Crippen LogP contribution >= 0.6 is 0 Å². The maximum absolute atomic E-state index is 12.3. The first-order valence-corrected chi connectivity index (χ1v) is 9.08. The van der Waals surface area contributed by atoms with Gasteiger partial charge in [0.05, 0.1) is 4.90 Å². The van der Waals surface area contributed by atoms with Gasteiger partial charge in [0, 0.05) is 12.1 Å². The summed E-state index contributed by atoms with van der Waals surface area (Å²) in [5.41, 5.74) is 6.70. The summed E-state index contributed by atoms with van der Waals surface area (Å²) in [7, 11) is -3.44. The van der Waals surface area contributed by atoms with E-state index in [9.17, 15) is 8.42 Å². The Bertz CT molecular complexity index is 522. The highest BCUT2D eigenvalue weighted by atomic mass is 32.2. The number of nitrogens with one attached hydrogen (secondary N) is 1. The molecule has 0 bridgehead atoms. The lowest BCUT2D eigenvalue weighted by Crippen LogP contribution is -2.32. The Morgan fingerprint density at radius 2 is 1.62 bits per heavy atom. The third kappa shape index (κ3) is 6.16. The molecule has 120 valence electrons. The minimum atomic E-state index is -3.44. The van der Waals surface area contributed by atoms with Gasteiger partial charge < -0.3 is 5.73 Å². The van der Waals surface area contributed by atoms with Gasteiger partial charge in [0.1, 0.15) is 0 Å². The quantitative estimate of drug-likeness (QED) is 0.774. The minimum Gasteiger partial charge on any atom is -0.324 e. The van der Waals surface area contributed by atoms with Crippen LogP contribution in [0.15, 0.2) is 29.2 Å². The van der Waals surface area contributed by atoms with E-state index >= 15 is 0 Å². The SMILES string of the molecule is CC(C)CCCC(C)NS(=O)(=O)c1ccc(C(C)N)cc1. The van der Waals surface area contributed by atoms with Gasteiger partial charge in [-0.15, -0.1) is 0 Å². The van der Waals surface area contributed by atoms with Crippen LogP contribution in [0.4, 0.5) is 0 Å². The molecule has 0 saturated carbocycles. The molecular weight excluding hydrogens is 284 g/mol. The first-order valence-electron chi connectivity index (χ1n) is 7.60. The molecule has 5 heteroatoms. The van der Waals surface area contributed by atoms with Crippen LogP contribution in [-0.2, 0) is 10.0 Å². The standard InChI is InChI=1S/C16H28N2O2S/c1-12(2)6-5-7-13(3)18-21(19,20)16-10-8-15(9-11-16)14(4)17/h8-14,18H,5-7,17H2,1-4H3. The fraction of sp³-hybridized carbons (Fsp3) is 0.625. The number of sulfonamides is 1. The minimum absolute atomic E-state index is 0.0538. The molecule has 0 fully saturated rings. The maximum atomic E-state index is 12.3. The molecule has 3 N–H and O–H groups in total. The van der Waals surface area contributed by atoms with Crippen LogP contribution in [0, 0.1) is 5.92 Å². The zero-order valence-corrected chi connectivity index (χ0v) is 14.3. The van der Waals surface area contributed by atoms with Gasteiger partial charge >= 0.3 is 0 Å². The van der Waals surface area contributed by atoms with E-state index in [1.807, 2.05) is 13.8 Å². The highest BCUT2D eigenvalue weighted by Crippen LogP contribution is 2.16. The van der Waals surface area contributed by atoms with Gasteiger partial charge in [0.15, 0.2) is 0 Å². The largest absolute Gasteiger partial charge is 0.324 e. The second-order valence-electron chi connectivity index (χ2n) is 6.20. The van der Waals surface area contributed by atoms with Gasteiger partial charge in [-0.1, -0.05) is 38.8 Å². The molecule has 1 rings (SSSR count). The first-order chi connectivity index (χ1) is 9.72. The molecule has 0 saturated heterocycles. The Balaban J connectivity index is 2.64. The summed E-state index contributed by atoms with van der Waals surface area (Å²) < 4.78 is 27.3. The van der Waals surface area contributed by atoms with Gasteiger partial charge in [-0.05, 0) is 43.9 Å². The monoisotopic (exact) mass is 312 g/mol. The van der Waals surface area contributed by atoms with E-state index in [1.54, 1.807) is 24.3 Å². The summed E-state index contributed by atoms with van der Waals surface area (Å²) in [5.74, 6) is 0.652. The smallest absolute Gasteiger partial charge is 0.240 e. The lowest BCUT2D eigenvalue weighted by atomic mass is 10.0. The normalized spacial score (nSPS) is 15.1. The van der Waals surface area contributed by atoms with Crippen molar-refractivity contribution in [1.29, 1.82) is 0 Å². The summed E-state index contributed by atoms with van der Waals surface area (Å²) >= 11 is 0. The van der Waals surface area contributed by atoms with Crippen molar-refractivity contribution < 1.29 is 8.42 Å².